The van der Waals surface area contributed by atoms with E-state index in [-0.39, 0.29) is 18.3 Å². The largest absolute Gasteiger partial charge is 0.346 e. The number of hydrogen-bond acceptors (Lipinski definition) is 3. The number of amides is 1. The van der Waals surface area contributed by atoms with E-state index in [1.54, 1.807) is 41.2 Å². The lowest BCUT2D eigenvalue weighted by molar-refractivity contribution is 0.0950. The lowest BCUT2D eigenvalue weighted by atomic mass is 10.2. The second-order valence-corrected chi connectivity index (χ2v) is 4.26. The molecule has 0 atom stereocenters. The van der Waals surface area contributed by atoms with Crippen LogP contribution in [0.5, 0.6) is 0 Å². The van der Waals surface area contributed by atoms with E-state index in [1.807, 2.05) is 0 Å². The fourth-order valence-electron chi connectivity index (χ4n) is 1.88. The molecule has 6 heteroatoms. The second-order valence-electron chi connectivity index (χ2n) is 4.26. The van der Waals surface area contributed by atoms with Crippen molar-refractivity contribution >= 4 is 11.6 Å². The molecule has 100 valence electrons. The van der Waals surface area contributed by atoms with E-state index in [0.29, 0.717) is 16.9 Å². The van der Waals surface area contributed by atoms with Crippen molar-refractivity contribution in [2.24, 2.45) is 0 Å². The van der Waals surface area contributed by atoms with Gasteiger partial charge in [-0.15, -0.1) is 0 Å². The molecule has 20 heavy (non-hydrogen) atoms. The van der Waals surface area contributed by atoms with Crippen molar-refractivity contribution in [3.05, 3.63) is 66.1 Å². The normalized spacial score (nSPS) is 10.7. The molecular weight excluding hydrogens is 259 g/mol. The van der Waals surface area contributed by atoms with E-state index in [9.17, 15) is 9.18 Å². The summed E-state index contributed by atoms with van der Waals surface area (Å²) in [5.41, 5.74) is 1.84. The van der Waals surface area contributed by atoms with Crippen LogP contribution in [0.3, 0.4) is 0 Å². The van der Waals surface area contributed by atoms with Gasteiger partial charge in [0.05, 0.1) is 12.2 Å². The molecule has 0 aliphatic rings. The van der Waals surface area contributed by atoms with Gasteiger partial charge in [-0.05, 0) is 24.3 Å². The van der Waals surface area contributed by atoms with Gasteiger partial charge in [0.1, 0.15) is 11.5 Å². The highest BCUT2D eigenvalue weighted by molar-refractivity contribution is 5.93. The fraction of sp³-hybridized carbons (Fsp3) is 0.0714. The number of hydrogen-bond donors (Lipinski definition) is 1. The molecule has 0 aliphatic heterocycles. The average Bonchev–Trinajstić information content (AvgIpc) is 2.87. The summed E-state index contributed by atoms with van der Waals surface area (Å²) in [5.74, 6) is -0.530. The van der Waals surface area contributed by atoms with E-state index >= 15 is 0 Å². The maximum atomic E-state index is 13.1. The Morgan fingerprint density at radius 2 is 2.00 bits per heavy atom. The SMILES string of the molecule is O=C(NCc1cn2cc(F)ccc2n1)c1ccncc1. The quantitative estimate of drug-likeness (QED) is 0.789. The van der Waals surface area contributed by atoms with Gasteiger partial charge in [0, 0.05) is 30.4 Å². The van der Waals surface area contributed by atoms with Crippen molar-refractivity contribution in [3.63, 3.8) is 0 Å². The first-order valence-corrected chi connectivity index (χ1v) is 6.04. The van der Waals surface area contributed by atoms with Gasteiger partial charge < -0.3 is 9.72 Å². The highest BCUT2D eigenvalue weighted by Gasteiger charge is 2.07. The number of carbonyl (C=O) groups is 1. The van der Waals surface area contributed by atoms with Crippen LogP contribution in [0.25, 0.3) is 5.65 Å². The van der Waals surface area contributed by atoms with Crippen molar-refractivity contribution < 1.29 is 9.18 Å². The zero-order valence-corrected chi connectivity index (χ0v) is 10.5. The number of halogens is 1. The molecule has 1 N–H and O–H groups in total. The van der Waals surface area contributed by atoms with E-state index in [2.05, 4.69) is 15.3 Å². The molecule has 0 spiro atoms. The number of rotatable bonds is 3. The van der Waals surface area contributed by atoms with Crippen LogP contribution in [0.2, 0.25) is 0 Å². The summed E-state index contributed by atoms with van der Waals surface area (Å²) < 4.78 is 14.6. The molecule has 1 amide bonds. The zero-order valence-electron chi connectivity index (χ0n) is 10.5. The van der Waals surface area contributed by atoms with Crippen molar-refractivity contribution in [2.75, 3.05) is 0 Å². The van der Waals surface area contributed by atoms with Crippen LogP contribution < -0.4 is 5.32 Å². The number of nitrogens with zero attached hydrogens (tertiary/aromatic N) is 3. The van der Waals surface area contributed by atoms with E-state index < -0.39 is 0 Å². The molecule has 0 aliphatic carbocycles. The highest BCUT2D eigenvalue weighted by Crippen LogP contribution is 2.07. The Kier molecular flexibility index (Phi) is 3.12. The van der Waals surface area contributed by atoms with Crippen molar-refractivity contribution in [1.82, 2.24) is 19.7 Å². The van der Waals surface area contributed by atoms with Gasteiger partial charge in [0.15, 0.2) is 0 Å². The predicted molar refractivity (Wildman–Crippen MR) is 70.6 cm³/mol. The van der Waals surface area contributed by atoms with Crippen molar-refractivity contribution in [3.8, 4) is 0 Å². The number of nitrogens with one attached hydrogen (secondary N) is 1. The molecule has 3 aromatic heterocycles. The van der Waals surface area contributed by atoms with Crippen LogP contribution in [0.4, 0.5) is 4.39 Å². The van der Waals surface area contributed by atoms with E-state index in [0.717, 1.165) is 0 Å². The summed E-state index contributed by atoms with van der Waals surface area (Å²) in [5, 5.41) is 2.75. The van der Waals surface area contributed by atoms with Crippen LogP contribution in [-0.4, -0.2) is 20.3 Å². The third-order valence-electron chi connectivity index (χ3n) is 2.84. The third kappa shape index (κ3) is 2.49. The maximum absolute atomic E-state index is 13.1. The minimum absolute atomic E-state index is 0.198. The summed E-state index contributed by atoms with van der Waals surface area (Å²) in [6, 6.07) is 6.20. The first kappa shape index (κ1) is 12.3. The van der Waals surface area contributed by atoms with Crippen molar-refractivity contribution in [1.29, 1.82) is 0 Å². The average molecular weight is 270 g/mol. The molecule has 0 radical (unpaired) electrons. The summed E-state index contributed by atoms with van der Waals surface area (Å²) in [6.07, 6.45) is 6.15. The summed E-state index contributed by atoms with van der Waals surface area (Å²) in [7, 11) is 0. The minimum Gasteiger partial charge on any atom is -0.346 e. The molecule has 3 heterocycles. The lowest BCUT2D eigenvalue weighted by Crippen LogP contribution is -2.22. The maximum Gasteiger partial charge on any atom is 0.251 e. The van der Waals surface area contributed by atoms with E-state index in [4.69, 9.17) is 0 Å². The van der Waals surface area contributed by atoms with Gasteiger partial charge in [0.25, 0.3) is 5.91 Å². The first-order valence-electron chi connectivity index (χ1n) is 6.04. The Hall–Kier alpha value is -2.76. The summed E-state index contributed by atoms with van der Waals surface area (Å²) >= 11 is 0. The molecule has 0 saturated heterocycles. The van der Waals surface area contributed by atoms with Gasteiger partial charge >= 0.3 is 0 Å². The van der Waals surface area contributed by atoms with Crippen LogP contribution >= 0.6 is 0 Å². The Morgan fingerprint density at radius 3 is 2.80 bits per heavy atom. The van der Waals surface area contributed by atoms with Crippen LogP contribution in [0.1, 0.15) is 16.1 Å². The monoisotopic (exact) mass is 270 g/mol. The van der Waals surface area contributed by atoms with E-state index in [1.165, 1.54) is 12.3 Å². The molecular formula is C14H11FN4O. The highest BCUT2D eigenvalue weighted by atomic mass is 19.1. The molecule has 0 saturated carbocycles. The third-order valence-corrected chi connectivity index (χ3v) is 2.84. The number of fused-ring (bicyclic) bond motifs is 1. The molecule has 3 rings (SSSR count). The van der Waals surface area contributed by atoms with Crippen LogP contribution in [0, 0.1) is 5.82 Å². The Bertz CT molecular complexity index is 754. The first-order chi connectivity index (χ1) is 9.72. The smallest absolute Gasteiger partial charge is 0.251 e. The van der Waals surface area contributed by atoms with Crippen LogP contribution in [0.15, 0.2) is 49.1 Å². The zero-order chi connectivity index (χ0) is 13.9. The predicted octanol–water partition coefficient (Wildman–Crippen LogP) is 1.80. The Morgan fingerprint density at radius 1 is 1.20 bits per heavy atom. The van der Waals surface area contributed by atoms with Gasteiger partial charge in [-0.2, -0.15) is 0 Å². The second kappa shape index (κ2) is 5.08. The molecule has 0 unspecified atom stereocenters. The Labute approximate surface area is 114 Å². The van der Waals surface area contributed by atoms with Gasteiger partial charge in [-0.25, -0.2) is 9.37 Å². The van der Waals surface area contributed by atoms with Gasteiger partial charge in [-0.3, -0.25) is 9.78 Å². The fourth-order valence-corrected chi connectivity index (χ4v) is 1.88. The number of aromatic nitrogens is 3. The van der Waals surface area contributed by atoms with Gasteiger partial charge in [-0.1, -0.05) is 0 Å². The molecule has 5 nitrogen and oxygen atoms in total. The number of imidazole rings is 1. The molecule has 0 bridgehead atoms. The Balaban J connectivity index is 1.72. The molecule has 0 fully saturated rings. The van der Waals surface area contributed by atoms with Crippen LogP contribution in [-0.2, 0) is 6.54 Å². The summed E-state index contributed by atoms with van der Waals surface area (Å²) in [4.78, 5) is 20.0. The summed E-state index contributed by atoms with van der Waals surface area (Å²) in [6.45, 7) is 0.282. The lowest BCUT2D eigenvalue weighted by Gasteiger charge is -2.02. The number of pyridine rings is 2. The standard InChI is InChI=1S/C14H11FN4O/c15-11-1-2-13-18-12(9-19(13)8-11)7-17-14(20)10-3-5-16-6-4-10/h1-6,8-9H,7H2,(H,17,20). The van der Waals surface area contributed by atoms with Gasteiger partial charge in [0.2, 0.25) is 0 Å². The van der Waals surface area contributed by atoms with Crippen molar-refractivity contribution in [2.45, 2.75) is 6.54 Å². The topological polar surface area (TPSA) is 59.3 Å². The number of carbonyl (C=O) groups excluding carboxylic acids is 1. The minimum atomic E-state index is -0.331. The molecule has 0 aromatic carbocycles. The molecule has 3 aromatic rings.